The molecule has 4 heteroatoms. The first-order valence-corrected chi connectivity index (χ1v) is 4.94. The first-order valence-electron chi connectivity index (χ1n) is 4.56. The van der Waals surface area contributed by atoms with Gasteiger partial charge in [0.15, 0.2) is 18.3 Å². The molecule has 1 aliphatic heterocycles. The van der Waals surface area contributed by atoms with Crippen LogP contribution in [-0.2, 0) is 9.53 Å². The minimum atomic E-state index is -0.0301. The molecule has 0 amide bonds. The van der Waals surface area contributed by atoms with Crippen molar-refractivity contribution in [3.8, 4) is 0 Å². The lowest BCUT2D eigenvalue weighted by Crippen LogP contribution is -2.13. The van der Waals surface area contributed by atoms with Gasteiger partial charge in [0.1, 0.15) is 5.70 Å². The number of rotatable bonds is 2. The van der Waals surface area contributed by atoms with Crippen LogP contribution in [0.4, 0.5) is 0 Å². The molecule has 1 aromatic rings. The second-order valence-electron chi connectivity index (χ2n) is 3.23. The molecule has 0 saturated heterocycles. The Morgan fingerprint density at radius 1 is 1.40 bits per heavy atom. The van der Waals surface area contributed by atoms with E-state index in [2.05, 4.69) is 5.32 Å². The quantitative estimate of drug-likeness (QED) is 0.835. The molecule has 1 aliphatic rings. The second kappa shape index (κ2) is 3.95. The molecule has 0 spiro atoms. The minimum Gasteiger partial charge on any atom is -0.470 e. The van der Waals surface area contributed by atoms with E-state index in [1.807, 2.05) is 12.1 Å². The van der Waals surface area contributed by atoms with Crippen molar-refractivity contribution in [3.63, 3.8) is 0 Å². The molecule has 0 aliphatic carbocycles. The highest BCUT2D eigenvalue weighted by molar-refractivity contribution is 6.30. The number of halogens is 1. The number of ketones is 1. The van der Waals surface area contributed by atoms with Gasteiger partial charge < -0.3 is 10.1 Å². The number of carbonyl (C=O) groups excluding carboxylic acids is 1. The van der Waals surface area contributed by atoms with E-state index in [9.17, 15) is 4.79 Å². The van der Waals surface area contributed by atoms with Gasteiger partial charge in [0.2, 0.25) is 0 Å². The van der Waals surface area contributed by atoms with Crippen molar-refractivity contribution in [2.75, 3.05) is 6.73 Å². The van der Waals surface area contributed by atoms with Crippen molar-refractivity contribution in [2.45, 2.75) is 6.92 Å². The number of nitrogens with one attached hydrogen (secondary N) is 1. The molecule has 3 nitrogen and oxygen atoms in total. The van der Waals surface area contributed by atoms with Crippen molar-refractivity contribution in [2.24, 2.45) is 0 Å². The average Bonchev–Trinajstić information content (AvgIpc) is 2.67. The number of allylic oxidation sites excluding steroid dienone is 1. The third kappa shape index (κ3) is 1.97. The highest BCUT2D eigenvalue weighted by atomic mass is 35.5. The highest BCUT2D eigenvalue weighted by Gasteiger charge is 2.20. The maximum atomic E-state index is 11.3. The molecule has 1 heterocycles. The van der Waals surface area contributed by atoms with Crippen LogP contribution in [0.1, 0.15) is 12.5 Å². The molecular formula is C11H10ClNO2. The van der Waals surface area contributed by atoms with E-state index in [1.54, 1.807) is 12.1 Å². The van der Waals surface area contributed by atoms with Crippen LogP contribution < -0.4 is 5.32 Å². The summed E-state index contributed by atoms with van der Waals surface area (Å²) in [4.78, 5) is 11.3. The van der Waals surface area contributed by atoms with Gasteiger partial charge in [0.25, 0.3) is 0 Å². The smallest absolute Gasteiger partial charge is 0.179 e. The lowest BCUT2D eigenvalue weighted by molar-refractivity contribution is -0.113. The summed E-state index contributed by atoms with van der Waals surface area (Å²) in [6, 6.07) is 7.19. The Bertz CT molecular complexity index is 423. The minimum absolute atomic E-state index is 0.0301. The Balaban J connectivity index is 2.41. The Labute approximate surface area is 92.7 Å². The predicted molar refractivity (Wildman–Crippen MR) is 58.1 cm³/mol. The van der Waals surface area contributed by atoms with Crippen LogP contribution in [-0.4, -0.2) is 12.5 Å². The predicted octanol–water partition coefficient (Wildman–Crippen LogP) is 2.17. The van der Waals surface area contributed by atoms with Gasteiger partial charge in [-0.1, -0.05) is 11.6 Å². The second-order valence-corrected chi connectivity index (χ2v) is 3.67. The lowest BCUT2D eigenvalue weighted by Gasteiger charge is -2.03. The SMILES string of the molecule is CC(=O)C1=C(c2ccc(Cl)cc2)OCN1. The third-order valence-electron chi connectivity index (χ3n) is 2.15. The third-order valence-corrected chi connectivity index (χ3v) is 2.40. The normalized spacial score (nSPS) is 14.8. The average molecular weight is 224 g/mol. The van der Waals surface area contributed by atoms with Crippen LogP contribution in [0.5, 0.6) is 0 Å². The van der Waals surface area contributed by atoms with E-state index in [0.717, 1.165) is 5.56 Å². The number of hydrogen-bond donors (Lipinski definition) is 1. The van der Waals surface area contributed by atoms with Gasteiger partial charge in [0, 0.05) is 17.5 Å². The van der Waals surface area contributed by atoms with E-state index in [1.165, 1.54) is 6.92 Å². The van der Waals surface area contributed by atoms with Crippen LogP contribution in [0.2, 0.25) is 5.02 Å². The molecule has 0 saturated carbocycles. The van der Waals surface area contributed by atoms with E-state index in [0.29, 0.717) is 23.2 Å². The Morgan fingerprint density at radius 3 is 2.67 bits per heavy atom. The molecule has 15 heavy (non-hydrogen) atoms. The first kappa shape index (κ1) is 10.1. The largest absolute Gasteiger partial charge is 0.470 e. The fourth-order valence-electron chi connectivity index (χ4n) is 1.45. The molecule has 78 valence electrons. The number of carbonyl (C=O) groups is 1. The van der Waals surface area contributed by atoms with E-state index in [4.69, 9.17) is 16.3 Å². The van der Waals surface area contributed by atoms with Crippen LogP contribution in [0, 0.1) is 0 Å². The molecule has 0 radical (unpaired) electrons. The monoisotopic (exact) mass is 223 g/mol. The van der Waals surface area contributed by atoms with Crippen molar-refractivity contribution in [1.82, 2.24) is 5.32 Å². The fraction of sp³-hybridized carbons (Fsp3) is 0.182. The first-order chi connectivity index (χ1) is 7.18. The molecule has 0 unspecified atom stereocenters. The zero-order valence-electron chi connectivity index (χ0n) is 8.21. The van der Waals surface area contributed by atoms with Gasteiger partial charge in [-0.05, 0) is 24.3 Å². The van der Waals surface area contributed by atoms with E-state index < -0.39 is 0 Å². The summed E-state index contributed by atoms with van der Waals surface area (Å²) in [5.41, 5.74) is 1.38. The Hall–Kier alpha value is -1.48. The standard InChI is InChI=1S/C11H10ClNO2/c1-7(14)10-11(15-6-13-10)8-2-4-9(12)5-3-8/h2-5,13H,6H2,1H3. The van der Waals surface area contributed by atoms with Crippen molar-refractivity contribution >= 4 is 23.1 Å². The van der Waals surface area contributed by atoms with Gasteiger partial charge in [-0.25, -0.2) is 0 Å². The van der Waals surface area contributed by atoms with Crippen LogP contribution in [0.25, 0.3) is 5.76 Å². The molecular weight excluding hydrogens is 214 g/mol. The molecule has 0 atom stereocenters. The summed E-state index contributed by atoms with van der Waals surface area (Å²) >= 11 is 5.78. The topological polar surface area (TPSA) is 38.3 Å². The molecule has 2 rings (SSSR count). The molecule has 0 fully saturated rings. The summed E-state index contributed by atoms with van der Waals surface area (Å²) < 4.78 is 5.36. The molecule has 0 aromatic heterocycles. The number of hydrogen-bond acceptors (Lipinski definition) is 3. The summed E-state index contributed by atoms with van der Waals surface area (Å²) in [5, 5.41) is 3.56. The summed E-state index contributed by atoms with van der Waals surface area (Å²) in [7, 11) is 0. The van der Waals surface area contributed by atoms with Crippen molar-refractivity contribution in [1.29, 1.82) is 0 Å². The summed E-state index contributed by atoms with van der Waals surface area (Å²) in [6.07, 6.45) is 0. The van der Waals surface area contributed by atoms with Gasteiger partial charge in [-0.15, -0.1) is 0 Å². The number of ether oxygens (including phenoxy) is 1. The summed E-state index contributed by atoms with van der Waals surface area (Å²) in [6.45, 7) is 1.85. The van der Waals surface area contributed by atoms with Gasteiger partial charge in [-0.2, -0.15) is 0 Å². The fourth-order valence-corrected chi connectivity index (χ4v) is 1.57. The number of Topliss-reactive ketones (excluding diaryl/α,β-unsaturated/α-hetero) is 1. The van der Waals surface area contributed by atoms with Gasteiger partial charge in [-0.3, -0.25) is 4.79 Å². The number of benzene rings is 1. The maximum Gasteiger partial charge on any atom is 0.179 e. The summed E-state index contributed by atoms with van der Waals surface area (Å²) in [5.74, 6) is 0.566. The van der Waals surface area contributed by atoms with Crippen LogP contribution in [0.3, 0.4) is 0 Å². The maximum absolute atomic E-state index is 11.3. The van der Waals surface area contributed by atoms with Crippen molar-refractivity contribution < 1.29 is 9.53 Å². The lowest BCUT2D eigenvalue weighted by atomic mass is 10.1. The van der Waals surface area contributed by atoms with Gasteiger partial charge >= 0.3 is 0 Å². The molecule has 1 N–H and O–H groups in total. The van der Waals surface area contributed by atoms with Crippen LogP contribution in [0.15, 0.2) is 30.0 Å². The zero-order chi connectivity index (χ0) is 10.8. The Morgan fingerprint density at radius 2 is 2.07 bits per heavy atom. The van der Waals surface area contributed by atoms with Gasteiger partial charge in [0.05, 0.1) is 0 Å². The van der Waals surface area contributed by atoms with E-state index >= 15 is 0 Å². The molecule has 0 bridgehead atoms. The molecule has 1 aromatic carbocycles. The highest BCUT2D eigenvalue weighted by Crippen LogP contribution is 2.24. The van der Waals surface area contributed by atoms with Crippen molar-refractivity contribution in [3.05, 3.63) is 40.5 Å². The zero-order valence-corrected chi connectivity index (χ0v) is 8.97. The van der Waals surface area contributed by atoms with E-state index in [-0.39, 0.29) is 5.78 Å². The van der Waals surface area contributed by atoms with Crippen LogP contribution >= 0.6 is 11.6 Å². The Kier molecular flexibility index (Phi) is 2.64.